The smallest absolute Gasteiger partial charge is 0.244 e. The van der Waals surface area contributed by atoms with E-state index in [1.165, 1.54) is 22.2 Å². The van der Waals surface area contributed by atoms with Gasteiger partial charge in [0.15, 0.2) is 0 Å². The quantitative estimate of drug-likeness (QED) is 0.661. The molecule has 3 heterocycles. The van der Waals surface area contributed by atoms with Gasteiger partial charge >= 0.3 is 0 Å². The minimum absolute atomic E-state index is 0.0191. The van der Waals surface area contributed by atoms with Crippen LogP contribution in [0.2, 0.25) is 0 Å². The average Bonchev–Trinajstić information content (AvgIpc) is 3.24. The van der Waals surface area contributed by atoms with Crippen LogP contribution < -0.4 is 15.1 Å². The van der Waals surface area contributed by atoms with Crippen molar-refractivity contribution in [1.29, 1.82) is 0 Å². The molecule has 2 aliphatic heterocycles. The predicted molar refractivity (Wildman–Crippen MR) is 124 cm³/mol. The van der Waals surface area contributed by atoms with E-state index < -0.39 is 0 Å². The van der Waals surface area contributed by atoms with Gasteiger partial charge in [0.25, 0.3) is 0 Å². The zero-order valence-corrected chi connectivity index (χ0v) is 18.0. The van der Waals surface area contributed by atoms with Crippen molar-refractivity contribution in [1.82, 2.24) is 0 Å². The molecule has 0 bridgehead atoms. The van der Waals surface area contributed by atoms with Gasteiger partial charge in [0, 0.05) is 34.2 Å². The Hall–Kier alpha value is -2.77. The molecule has 7 heteroatoms. The van der Waals surface area contributed by atoms with Gasteiger partial charge in [-0.3, -0.25) is 9.59 Å². The number of amides is 2. The Morgan fingerprint density at radius 3 is 2.77 bits per heavy atom. The minimum Gasteiger partial charge on any atom is -0.367 e. The van der Waals surface area contributed by atoms with E-state index in [1.807, 2.05) is 59.9 Å². The lowest BCUT2D eigenvalue weighted by atomic mass is 10.1. The number of hydrogen-bond acceptors (Lipinski definition) is 5. The zero-order chi connectivity index (χ0) is 20.5. The van der Waals surface area contributed by atoms with E-state index in [4.69, 9.17) is 0 Å². The Labute approximate surface area is 183 Å². The van der Waals surface area contributed by atoms with E-state index in [0.717, 1.165) is 41.5 Å². The number of para-hydroxylation sites is 1. The second-order valence-electron chi connectivity index (χ2n) is 7.37. The third-order valence-corrected chi connectivity index (χ3v) is 7.50. The second kappa shape index (κ2) is 8.16. The van der Waals surface area contributed by atoms with Gasteiger partial charge in [0.05, 0.1) is 11.4 Å². The predicted octanol–water partition coefficient (Wildman–Crippen LogP) is 4.39. The molecule has 0 saturated heterocycles. The summed E-state index contributed by atoms with van der Waals surface area (Å²) in [6, 6.07) is 17.9. The van der Waals surface area contributed by atoms with Gasteiger partial charge in [-0.2, -0.15) is 0 Å². The minimum atomic E-state index is -0.196. The first-order chi connectivity index (χ1) is 14.7. The summed E-state index contributed by atoms with van der Waals surface area (Å²) in [4.78, 5) is 31.4. The molecule has 1 aromatic heterocycles. The molecule has 0 aliphatic carbocycles. The number of nitrogens with one attached hydrogen (secondary N) is 1. The summed E-state index contributed by atoms with van der Waals surface area (Å²) in [5.41, 5.74) is 4.11. The maximum Gasteiger partial charge on any atom is 0.244 e. The fourth-order valence-corrected chi connectivity index (χ4v) is 5.72. The normalized spacial score (nSPS) is 15.5. The molecule has 5 rings (SSSR count). The lowest BCUT2D eigenvalue weighted by molar-refractivity contribution is -0.120. The largest absolute Gasteiger partial charge is 0.367 e. The highest BCUT2D eigenvalue weighted by Crippen LogP contribution is 2.35. The summed E-state index contributed by atoms with van der Waals surface area (Å²) in [7, 11) is 0. The molecule has 0 saturated carbocycles. The lowest BCUT2D eigenvalue weighted by Crippen LogP contribution is -2.41. The number of fused-ring (bicyclic) bond motifs is 2. The van der Waals surface area contributed by atoms with Crippen molar-refractivity contribution in [2.45, 2.75) is 17.9 Å². The van der Waals surface area contributed by atoms with Crippen LogP contribution in [0.3, 0.4) is 0 Å². The van der Waals surface area contributed by atoms with Crippen molar-refractivity contribution in [3.05, 3.63) is 70.4 Å². The number of thiophene rings is 1. The van der Waals surface area contributed by atoms with Crippen molar-refractivity contribution in [3.63, 3.8) is 0 Å². The van der Waals surface area contributed by atoms with Gasteiger partial charge in [0.1, 0.15) is 6.54 Å². The highest BCUT2D eigenvalue weighted by atomic mass is 32.2. The van der Waals surface area contributed by atoms with E-state index in [9.17, 15) is 9.59 Å². The van der Waals surface area contributed by atoms with Crippen LogP contribution in [-0.2, 0) is 22.6 Å². The first-order valence-electron chi connectivity index (χ1n) is 9.90. The lowest BCUT2D eigenvalue weighted by Gasteiger charge is -2.29. The van der Waals surface area contributed by atoms with Gasteiger partial charge in [-0.1, -0.05) is 12.1 Å². The van der Waals surface area contributed by atoms with E-state index in [-0.39, 0.29) is 18.4 Å². The number of rotatable bonds is 4. The monoisotopic (exact) mass is 435 g/mol. The number of thioether (sulfide) groups is 1. The number of anilines is 3. The Bertz CT molecular complexity index is 1090. The zero-order valence-electron chi connectivity index (χ0n) is 16.3. The maximum atomic E-state index is 12.6. The molecule has 2 amide bonds. The van der Waals surface area contributed by atoms with Gasteiger partial charge in [0.2, 0.25) is 11.8 Å². The summed E-state index contributed by atoms with van der Waals surface area (Å²) in [6.45, 7) is 1.96. The number of nitrogens with zero attached hydrogens (tertiary/aromatic N) is 2. The van der Waals surface area contributed by atoms with Crippen LogP contribution in [0.5, 0.6) is 0 Å². The van der Waals surface area contributed by atoms with Gasteiger partial charge in [-0.05, 0) is 59.8 Å². The van der Waals surface area contributed by atoms with Gasteiger partial charge in [-0.15, -0.1) is 23.1 Å². The molecule has 2 aliphatic rings. The van der Waals surface area contributed by atoms with E-state index in [0.29, 0.717) is 5.75 Å². The molecule has 0 radical (unpaired) electrons. The van der Waals surface area contributed by atoms with Crippen molar-refractivity contribution in [2.24, 2.45) is 0 Å². The molecule has 152 valence electrons. The van der Waals surface area contributed by atoms with Crippen LogP contribution in [-0.4, -0.2) is 30.7 Å². The molecule has 0 fully saturated rings. The maximum absolute atomic E-state index is 12.6. The second-order valence-corrected chi connectivity index (χ2v) is 9.39. The molecular formula is C23H21N3O2S2. The Morgan fingerprint density at radius 1 is 1.07 bits per heavy atom. The van der Waals surface area contributed by atoms with E-state index in [2.05, 4.69) is 21.7 Å². The summed E-state index contributed by atoms with van der Waals surface area (Å²) in [6.07, 6.45) is 1.08. The van der Waals surface area contributed by atoms with E-state index in [1.54, 1.807) is 4.90 Å². The fourth-order valence-electron chi connectivity index (χ4n) is 3.90. The third-order valence-electron chi connectivity index (χ3n) is 5.43. The molecule has 0 atom stereocenters. The summed E-state index contributed by atoms with van der Waals surface area (Å²) < 4.78 is 0. The van der Waals surface area contributed by atoms with Crippen molar-refractivity contribution >= 4 is 52.0 Å². The van der Waals surface area contributed by atoms with Crippen LogP contribution in [0.25, 0.3) is 0 Å². The molecular weight excluding hydrogens is 414 g/mol. The summed E-state index contributed by atoms with van der Waals surface area (Å²) in [5.74, 6) is 0.126. The number of hydrogen-bond donors (Lipinski definition) is 1. The SMILES string of the molecule is O=C(CN1C(=O)CSc2ccccc21)Nc1ccc(N2CCc3sccc3C2)cc1. The summed E-state index contributed by atoms with van der Waals surface area (Å²) in [5, 5.41) is 5.09. The average molecular weight is 436 g/mol. The summed E-state index contributed by atoms with van der Waals surface area (Å²) >= 11 is 3.35. The highest BCUT2D eigenvalue weighted by Gasteiger charge is 2.26. The Morgan fingerprint density at radius 2 is 1.90 bits per heavy atom. The van der Waals surface area contributed by atoms with Crippen LogP contribution in [0.1, 0.15) is 10.4 Å². The van der Waals surface area contributed by atoms with Crippen LogP contribution in [0, 0.1) is 0 Å². The Balaban J connectivity index is 1.23. The molecule has 1 N–H and O–H groups in total. The Kier molecular flexibility index (Phi) is 5.23. The topological polar surface area (TPSA) is 52.7 Å². The number of benzene rings is 2. The molecule has 30 heavy (non-hydrogen) atoms. The molecule has 0 spiro atoms. The third kappa shape index (κ3) is 3.82. The van der Waals surface area contributed by atoms with E-state index >= 15 is 0 Å². The van der Waals surface area contributed by atoms with Crippen molar-refractivity contribution in [3.8, 4) is 0 Å². The van der Waals surface area contributed by atoms with Crippen LogP contribution >= 0.6 is 23.1 Å². The molecule has 3 aromatic rings. The first kappa shape index (κ1) is 19.2. The van der Waals surface area contributed by atoms with Gasteiger partial charge in [-0.25, -0.2) is 0 Å². The standard InChI is InChI=1S/C23H21N3O2S2/c27-22(14-26-19-3-1-2-4-21(19)30-15-23(26)28)24-17-5-7-18(8-6-17)25-11-9-20-16(13-25)10-12-29-20/h1-8,10,12H,9,11,13-15H2,(H,24,27). The van der Waals surface area contributed by atoms with Crippen molar-refractivity contribution < 1.29 is 9.59 Å². The number of carbonyl (C=O) groups is 2. The molecule has 5 nitrogen and oxygen atoms in total. The number of carbonyl (C=O) groups excluding carboxylic acids is 2. The van der Waals surface area contributed by atoms with Crippen LogP contribution in [0.15, 0.2) is 64.9 Å². The van der Waals surface area contributed by atoms with Gasteiger partial charge < -0.3 is 15.1 Å². The fraction of sp³-hybridized carbons (Fsp3) is 0.217. The highest BCUT2D eigenvalue weighted by molar-refractivity contribution is 8.00. The molecule has 2 aromatic carbocycles. The van der Waals surface area contributed by atoms with Crippen molar-refractivity contribution in [2.75, 3.05) is 34.0 Å². The first-order valence-corrected chi connectivity index (χ1v) is 11.8. The molecule has 0 unspecified atom stereocenters. The van der Waals surface area contributed by atoms with Crippen LogP contribution in [0.4, 0.5) is 17.1 Å².